The van der Waals surface area contributed by atoms with Gasteiger partial charge in [-0.2, -0.15) is 0 Å². The quantitative estimate of drug-likeness (QED) is 0.877. The van der Waals surface area contributed by atoms with E-state index in [0.717, 1.165) is 12.1 Å². The average Bonchev–Trinajstić information content (AvgIpc) is 2.28. The number of anilines is 1. The molecule has 1 aliphatic heterocycles. The molecule has 1 aromatic rings. The highest BCUT2D eigenvalue weighted by Gasteiger charge is 2.29. The average molecular weight is 258 g/mol. The molecule has 2 nitrogen and oxygen atoms in total. The Morgan fingerprint density at radius 1 is 1.22 bits per heavy atom. The summed E-state index contributed by atoms with van der Waals surface area (Å²) < 4.78 is 40.5. The van der Waals surface area contributed by atoms with Gasteiger partial charge in [-0.25, -0.2) is 13.2 Å². The van der Waals surface area contributed by atoms with E-state index in [0.29, 0.717) is 19.6 Å². The standard InChI is InChI=1S/C13H17F3N2/c1-8(2)12-7-17-3-4-18(12)13-10(15)5-9(14)6-11(13)16/h5-6,8,12,17H,3-4,7H2,1-2H3. The molecule has 2 rings (SSSR count). The molecular formula is C13H17F3N2. The van der Waals surface area contributed by atoms with Crippen LogP contribution in [0.15, 0.2) is 12.1 Å². The number of piperazine rings is 1. The summed E-state index contributed by atoms with van der Waals surface area (Å²) in [6.07, 6.45) is 0. The molecule has 0 aromatic heterocycles. The molecule has 1 fully saturated rings. The predicted octanol–water partition coefficient (Wildman–Crippen LogP) is 2.54. The zero-order chi connectivity index (χ0) is 13.3. The van der Waals surface area contributed by atoms with Crippen molar-refractivity contribution in [1.82, 2.24) is 5.32 Å². The lowest BCUT2D eigenvalue weighted by Gasteiger charge is -2.40. The summed E-state index contributed by atoms with van der Waals surface area (Å²) in [6, 6.07) is 1.48. The van der Waals surface area contributed by atoms with Gasteiger partial charge in [-0.1, -0.05) is 13.8 Å². The Bertz CT molecular complexity index is 411. The van der Waals surface area contributed by atoms with Crippen molar-refractivity contribution in [3.05, 3.63) is 29.6 Å². The maximum Gasteiger partial charge on any atom is 0.152 e. The molecule has 1 atom stereocenters. The molecule has 1 aliphatic rings. The van der Waals surface area contributed by atoms with Crippen LogP contribution in [0.4, 0.5) is 18.9 Å². The van der Waals surface area contributed by atoms with Gasteiger partial charge in [0.05, 0.1) is 0 Å². The molecule has 0 spiro atoms. The summed E-state index contributed by atoms with van der Waals surface area (Å²) >= 11 is 0. The van der Waals surface area contributed by atoms with Crippen LogP contribution in [0.1, 0.15) is 13.8 Å². The van der Waals surface area contributed by atoms with Crippen LogP contribution in [0.25, 0.3) is 0 Å². The van der Waals surface area contributed by atoms with Crippen molar-refractivity contribution in [2.24, 2.45) is 5.92 Å². The fourth-order valence-corrected chi connectivity index (χ4v) is 2.41. The molecule has 0 amide bonds. The summed E-state index contributed by atoms with van der Waals surface area (Å²) in [5.74, 6) is -2.30. The summed E-state index contributed by atoms with van der Waals surface area (Å²) in [5.41, 5.74) is -0.114. The molecular weight excluding hydrogens is 241 g/mol. The van der Waals surface area contributed by atoms with Crippen LogP contribution in [0.5, 0.6) is 0 Å². The maximum absolute atomic E-state index is 13.8. The maximum atomic E-state index is 13.8. The van der Waals surface area contributed by atoms with E-state index in [1.165, 1.54) is 0 Å². The van der Waals surface area contributed by atoms with Gasteiger partial charge in [-0.3, -0.25) is 0 Å². The van der Waals surface area contributed by atoms with Crippen LogP contribution in [0.3, 0.4) is 0 Å². The zero-order valence-electron chi connectivity index (χ0n) is 10.5. The van der Waals surface area contributed by atoms with Gasteiger partial charge in [0.2, 0.25) is 0 Å². The van der Waals surface area contributed by atoms with Crippen molar-refractivity contribution in [3.8, 4) is 0 Å². The van der Waals surface area contributed by atoms with Crippen LogP contribution < -0.4 is 10.2 Å². The van der Waals surface area contributed by atoms with E-state index in [-0.39, 0.29) is 17.6 Å². The molecule has 0 aliphatic carbocycles. The number of benzene rings is 1. The van der Waals surface area contributed by atoms with E-state index in [1.54, 1.807) is 4.90 Å². The lowest BCUT2D eigenvalue weighted by molar-refractivity contribution is 0.381. The largest absolute Gasteiger partial charge is 0.361 e. The minimum Gasteiger partial charge on any atom is -0.361 e. The number of rotatable bonds is 2. The SMILES string of the molecule is CC(C)C1CNCCN1c1c(F)cc(F)cc1F. The number of hydrogen-bond acceptors (Lipinski definition) is 2. The molecule has 1 aromatic carbocycles. The Morgan fingerprint density at radius 3 is 2.39 bits per heavy atom. The van der Waals surface area contributed by atoms with Crippen LogP contribution in [0, 0.1) is 23.4 Å². The molecule has 0 saturated carbocycles. The van der Waals surface area contributed by atoms with Gasteiger partial charge >= 0.3 is 0 Å². The summed E-state index contributed by atoms with van der Waals surface area (Å²) in [7, 11) is 0. The third-order valence-corrected chi connectivity index (χ3v) is 3.32. The van der Waals surface area contributed by atoms with Gasteiger partial charge in [-0.15, -0.1) is 0 Å². The van der Waals surface area contributed by atoms with E-state index in [4.69, 9.17) is 0 Å². The van der Waals surface area contributed by atoms with E-state index in [9.17, 15) is 13.2 Å². The Kier molecular flexibility index (Phi) is 3.80. The molecule has 1 unspecified atom stereocenters. The van der Waals surface area contributed by atoms with Gasteiger partial charge in [0, 0.05) is 37.8 Å². The smallest absolute Gasteiger partial charge is 0.152 e. The molecule has 100 valence electrons. The number of hydrogen-bond donors (Lipinski definition) is 1. The molecule has 18 heavy (non-hydrogen) atoms. The number of nitrogens with zero attached hydrogens (tertiary/aromatic N) is 1. The minimum atomic E-state index is -0.884. The summed E-state index contributed by atoms with van der Waals surface area (Å²) in [6.45, 7) is 5.86. The van der Waals surface area contributed by atoms with Crippen LogP contribution in [-0.4, -0.2) is 25.7 Å². The second kappa shape index (κ2) is 5.18. The molecule has 1 saturated heterocycles. The van der Waals surface area contributed by atoms with Gasteiger partial charge < -0.3 is 10.2 Å². The monoisotopic (exact) mass is 258 g/mol. The lowest BCUT2D eigenvalue weighted by Crippen LogP contribution is -2.54. The molecule has 1 heterocycles. The van der Waals surface area contributed by atoms with Gasteiger partial charge in [0.1, 0.15) is 11.5 Å². The normalized spacial score (nSPS) is 20.6. The first kappa shape index (κ1) is 13.2. The Morgan fingerprint density at radius 2 is 1.83 bits per heavy atom. The van der Waals surface area contributed by atoms with Crippen molar-refractivity contribution < 1.29 is 13.2 Å². The van der Waals surface area contributed by atoms with Crippen molar-refractivity contribution in [2.45, 2.75) is 19.9 Å². The van der Waals surface area contributed by atoms with E-state index in [2.05, 4.69) is 5.32 Å². The fraction of sp³-hybridized carbons (Fsp3) is 0.538. The van der Waals surface area contributed by atoms with Crippen molar-refractivity contribution >= 4 is 5.69 Å². The Hall–Kier alpha value is -1.23. The third-order valence-electron chi connectivity index (χ3n) is 3.32. The number of nitrogens with one attached hydrogen (secondary N) is 1. The second-order valence-electron chi connectivity index (χ2n) is 4.93. The van der Waals surface area contributed by atoms with Gasteiger partial charge in [0.15, 0.2) is 11.6 Å². The highest BCUT2D eigenvalue weighted by atomic mass is 19.1. The van der Waals surface area contributed by atoms with Crippen LogP contribution >= 0.6 is 0 Å². The molecule has 1 N–H and O–H groups in total. The fourth-order valence-electron chi connectivity index (χ4n) is 2.41. The first-order valence-corrected chi connectivity index (χ1v) is 6.12. The third kappa shape index (κ3) is 2.46. The lowest BCUT2D eigenvalue weighted by atomic mass is 9.99. The number of halogens is 3. The molecule has 5 heteroatoms. The van der Waals surface area contributed by atoms with Crippen LogP contribution in [0.2, 0.25) is 0 Å². The topological polar surface area (TPSA) is 15.3 Å². The van der Waals surface area contributed by atoms with Crippen LogP contribution in [-0.2, 0) is 0 Å². The van der Waals surface area contributed by atoms with E-state index >= 15 is 0 Å². The Labute approximate surface area is 105 Å². The second-order valence-corrected chi connectivity index (χ2v) is 4.93. The summed E-state index contributed by atoms with van der Waals surface area (Å²) in [4.78, 5) is 1.70. The zero-order valence-corrected chi connectivity index (χ0v) is 10.5. The first-order chi connectivity index (χ1) is 8.50. The minimum absolute atomic E-state index is 0.00760. The predicted molar refractivity (Wildman–Crippen MR) is 65.2 cm³/mol. The Balaban J connectivity index is 2.39. The van der Waals surface area contributed by atoms with Crippen molar-refractivity contribution in [2.75, 3.05) is 24.5 Å². The molecule has 0 radical (unpaired) electrons. The highest BCUT2D eigenvalue weighted by molar-refractivity contribution is 5.51. The van der Waals surface area contributed by atoms with Crippen molar-refractivity contribution in [1.29, 1.82) is 0 Å². The first-order valence-electron chi connectivity index (χ1n) is 6.12. The molecule has 0 bridgehead atoms. The van der Waals surface area contributed by atoms with E-state index in [1.807, 2.05) is 13.8 Å². The van der Waals surface area contributed by atoms with E-state index < -0.39 is 17.5 Å². The van der Waals surface area contributed by atoms with Gasteiger partial charge in [0.25, 0.3) is 0 Å². The van der Waals surface area contributed by atoms with Gasteiger partial charge in [-0.05, 0) is 5.92 Å². The summed E-state index contributed by atoms with van der Waals surface area (Å²) in [5, 5.41) is 3.21. The van der Waals surface area contributed by atoms with Crippen molar-refractivity contribution in [3.63, 3.8) is 0 Å². The highest BCUT2D eigenvalue weighted by Crippen LogP contribution is 2.29.